The Hall–Kier alpha value is -4.17. The topological polar surface area (TPSA) is 73.8 Å². The number of hydrogen-bond donors (Lipinski definition) is 1. The van der Waals surface area contributed by atoms with Crippen molar-refractivity contribution < 1.29 is 4.79 Å². The first-order valence-corrected chi connectivity index (χ1v) is 11.7. The summed E-state index contributed by atoms with van der Waals surface area (Å²) in [5.74, 6) is -0.367. The van der Waals surface area contributed by atoms with Crippen LogP contribution in [0.15, 0.2) is 89.2 Å². The molecule has 34 heavy (non-hydrogen) atoms. The van der Waals surface area contributed by atoms with Crippen molar-refractivity contribution in [1.29, 1.82) is 0 Å². The van der Waals surface area contributed by atoms with E-state index < -0.39 is 0 Å². The van der Waals surface area contributed by atoms with Crippen molar-refractivity contribution >= 4 is 22.9 Å². The van der Waals surface area contributed by atoms with Gasteiger partial charge in [0, 0.05) is 13.2 Å². The molecule has 0 atom stereocenters. The van der Waals surface area contributed by atoms with Crippen molar-refractivity contribution in [3.8, 4) is 16.3 Å². The molecule has 0 fully saturated rings. The fraction of sp³-hybridized carbons (Fsp3) is 0.115. The van der Waals surface area contributed by atoms with Crippen molar-refractivity contribution in [3.05, 3.63) is 112 Å². The summed E-state index contributed by atoms with van der Waals surface area (Å²) in [4.78, 5) is 27.6. The number of rotatable bonds is 6. The summed E-state index contributed by atoms with van der Waals surface area (Å²) in [6, 6.07) is 23.2. The Balaban J connectivity index is 1.51. The molecular weight excluding hydrogens is 446 g/mol. The van der Waals surface area contributed by atoms with E-state index in [1.807, 2.05) is 85.1 Å². The van der Waals surface area contributed by atoms with E-state index >= 15 is 0 Å². The van der Waals surface area contributed by atoms with Gasteiger partial charge in [0.2, 0.25) is 0 Å². The number of carbonyl (C=O) groups is 1. The summed E-state index contributed by atoms with van der Waals surface area (Å²) in [7, 11) is 1.80. The van der Waals surface area contributed by atoms with Gasteiger partial charge in [-0.15, -0.1) is 11.3 Å². The molecule has 1 amide bonds. The molecule has 3 heterocycles. The molecule has 8 heteroatoms. The lowest BCUT2D eigenvalue weighted by Crippen LogP contribution is -2.23. The van der Waals surface area contributed by atoms with Crippen molar-refractivity contribution in [2.75, 3.05) is 5.32 Å². The summed E-state index contributed by atoms with van der Waals surface area (Å²) in [6.45, 7) is 2.35. The average molecular weight is 470 g/mol. The van der Waals surface area contributed by atoms with Crippen LogP contribution in [0.5, 0.6) is 0 Å². The minimum absolute atomic E-state index is 0.254. The highest BCUT2D eigenvalue weighted by atomic mass is 32.1. The van der Waals surface area contributed by atoms with Crippen molar-refractivity contribution in [3.63, 3.8) is 0 Å². The maximum atomic E-state index is 13.4. The molecule has 170 valence electrons. The number of anilines is 1. The third-order valence-corrected chi connectivity index (χ3v) is 6.62. The van der Waals surface area contributed by atoms with E-state index in [0.717, 1.165) is 16.1 Å². The van der Waals surface area contributed by atoms with E-state index in [1.54, 1.807) is 27.3 Å². The van der Waals surface area contributed by atoms with Crippen LogP contribution in [0.1, 0.15) is 21.6 Å². The van der Waals surface area contributed by atoms with E-state index in [0.29, 0.717) is 23.5 Å². The Kier molecular flexibility index (Phi) is 5.73. The second-order valence-electron chi connectivity index (χ2n) is 7.94. The van der Waals surface area contributed by atoms with Crippen LogP contribution >= 0.6 is 11.3 Å². The molecular formula is C26H23N5O2S. The summed E-state index contributed by atoms with van der Waals surface area (Å²) >= 11 is 1.52. The number of aromatic nitrogens is 4. The molecule has 1 N–H and O–H groups in total. The van der Waals surface area contributed by atoms with Gasteiger partial charge in [-0.05, 0) is 36.1 Å². The van der Waals surface area contributed by atoms with Gasteiger partial charge >= 0.3 is 0 Å². The molecule has 5 aromatic rings. The summed E-state index contributed by atoms with van der Waals surface area (Å²) in [5.41, 5.74) is 3.47. The van der Waals surface area contributed by atoms with Gasteiger partial charge in [0.1, 0.15) is 11.4 Å². The lowest BCUT2D eigenvalue weighted by atomic mass is 10.2. The average Bonchev–Trinajstić information content (AvgIpc) is 3.57. The zero-order chi connectivity index (χ0) is 23.7. The molecule has 0 aliphatic rings. The third-order valence-electron chi connectivity index (χ3n) is 5.74. The Bertz CT molecular complexity index is 1500. The highest BCUT2D eigenvalue weighted by molar-refractivity contribution is 7.13. The van der Waals surface area contributed by atoms with Crippen LogP contribution in [0.2, 0.25) is 0 Å². The molecule has 0 bridgehead atoms. The Morgan fingerprint density at radius 2 is 1.71 bits per heavy atom. The maximum Gasteiger partial charge on any atom is 0.295 e. The molecule has 0 aliphatic carbocycles. The largest absolute Gasteiger partial charge is 0.316 e. The van der Waals surface area contributed by atoms with Gasteiger partial charge in [-0.3, -0.25) is 19.0 Å². The van der Waals surface area contributed by atoms with Crippen LogP contribution in [0.4, 0.5) is 5.69 Å². The van der Waals surface area contributed by atoms with E-state index in [1.165, 1.54) is 11.3 Å². The first-order valence-electron chi connectivity index (χ1n) is 10.8. The first kappa shape index (κ1) is 21.7. The van der Waals surface area contributed by atoms with Gasteiger partial charge in [0.05, 0.1) is 28.4 Å². The van der Waals surface area contributed by atoms with Crippen molar-refractivity contribution in [1.82, 2.24) is 19.1 Å². The predicted molar refractivity (Wildman–Crippen MR) is 135 cm³/mol. The molecule has 0 saturated heterocycles. The van der Waals surface area contributed by atoms with Gasteiger partial charge in [0.15, 0.2) is 0 Å². The predicted octanol–water partition coefficient (Wildman–Crippen LogP) is 4.71. The van der Waals surface area contributed by atoms with Crippen LogP contribution < -0.4 is 10.9 Å². The van der Waals surface area contributed by atoms with E-state index in [-0.39, 0.29) is 17.2 Å². The highest BCUT2D eigenvalue weighted by Gasteiger charge is 2.23. The number of carbonyl (C=O) groups excluding carboxylic acids is 1. The van der Waals surface area contributed by atoms with Crippen LogP contribution in [-0.2, 0) is 13.6 Å². The fourth-order valence-corrected chi connectivity index (χ4v) is 4.65. The van der Waals surface area contributed by atoms with Crippen LogP contribution in [0.25, 0.3) is 16.3 Å². The van der Waals surface area contributed by atoms with Gasteiger partial charge < -0.3 is 5.32 Å². The number of benzene rings is 2. The molecule has 0 radical (unpaired) electrons. The summed E-state index contributed by atoms with van der Waals surface area (Å²) < 4.78 is 5.05. The van der Waals surface area contributed by atoms with Crippen LogP contribution in [0, 0.1) is 6.92 Å². The van der Waals surface area contributed by atoms with E-state index in [2.05, 4.69) is 5.32 Å². The van der Waals surface area contributed by atoms with Gasteiger partial charge in [-0.25, -0.2) is 4.68 Å². The molecule has 7 nitrogen and oxygen atoms in total. The van der Waals surface area contributed by atoms with Crippen molar-refractivity contribution in [2.24, 2.45) is 7.05 Å². The Labute approximate surface area is 200 Å². The third kappa shape index (κ3) is 3.99. The Morgan fingerprint density at radius 3 is 2.38 bits per heavy atom. The van der Waals surface area contributed by atoms with Gasteiger partial charge in [0.25, 0.3) is 11.5 Å². The number of thiophene rings is 1. The molecule has 2 aromatic carbocycles. The first-order chi connectivity index (χ1) is 16.5. The normalized spacial score (nSPS) is 11.0. The zero-order valence-electron chi connectivity index (χ0n) is 18.8. The molecule has 0 saturated carbocycles. The lowest BCUT2D eigenvalue weighted by Gasteiger charge is -2.07. The molecule has 5 rings (SSSR count). The monoisotopic (exact) mass is 469 g/mol. The molecule has 3 aromatic heterocycles. The number of amides is 1. The Morgan fingerprint density at radius 1 is 1.00 bits per heavy atom. The second kappa shape index (κ2) is 8.99. The molecule has 0 spiro atoms. The summed E-state index contributed by atoms with van der Waals surface area (Å²) in [6.07, 6.45) is 1.74. The van der Waals surface area contributed by atoms with Crippen molar-refractivity contribution in [2.45, 2.75) is 13.5 Å². The number of nitrogens with one attached hydrogen (secondary N) is 1. The maximum absolute atomic E-state index is 13.4. The van der Waals surface area contributed by atoms with Crippen LogP contribution in [0.3, 0.4) is 0 Å². The molecule has 0 aliphatic heterocycles. The minimum atomic E-state index is -0.367. The fourth-order valence-electron chi connectivity index (χ4n) is 3.93. The summed E-state index contributed by atoms with van der Waals surface area (Å²) in [5, 5.41) is 9.52. The number of hydrogen-bond acceptors (Lipinski definition) is 4. The van der Waals surface area contributed by atoms with Crippen LogP contribution in [-0.4, -0.2) is 25.1 Å². The van der Waals surface area contributed by atoms with E-state index in [4.69, 9.17) is 5.10 Å². The lowest BCUT2D eigenvalue weighted by molar-refractivity contribution is 0.102. The minimum Gasteiger partial charge on any atom is -0.316 e. The number of para-hydroxylation sites is 1. The zero-order valence-corrected chi connectivity index (χ0v) is 19.6. The number of nitrogens with zero attached hydrogens (tertiary/aromatic N) is 4. The van der Waals surface area contributed by atoms with E-state index in [9.17, 15) is 9.59 Å². The second-order valence-corrected chi connectivity index (χ2v) is 8.89. The van der Waals surface area contributed by atoms with Gasteiger partial charge in [-0.1, -0.05) is 54.6 Å². The smallest absolute Gasteiger partial charge is 0.295 e. The standard InChI is InChI=1S/C26H23N5O2S/c1-18-23(26(33)31(29(18)2)20-12-7-4-8-13-20)27-25(32)21-17-30(16-19-10-5-3-6-11-19)28-24(21)22-14-9-15-34-22/h3-15,17H,16H2,1-2H3,(H,27,32). The SMILES string of the molecule is Cc1c(NC(=O)c2cn(Cc3ccccc3)nc2-c2cccs2)c(=O)n(-c2ccccc2)n1C. The van der Waals surface area contributed by atoms with Gasteiger partial charge in [-0.2, -0.15) is 5.10 Å². The molecule has 0 unspecified atom stereocenters. The quantitative estimate of drug-likeness (QED) is 0.391. The highest BCUT2D eigenvalue weighted by Crippen LogP contribution is 2.28.